The fourth-order valence-corrected chi connectivity index (χ4v) is 3.83. The number of rotatable bonds is 6. The van der Waals surface area contributed by atoms with E-state index in [0.29, 0.717) is 24.8 Å². The second kappa shape index (κ2) is 5.94. The van der Waals surface area contributed by atoms with Crippen LogP contribution in [-0.2, 0) is 17.3 Å². The Bertz CT molecular complexity index is 573. The van der Waals surface area contributed by atoms with Crippen LogP contribution in [0.15, 0.2) is 12.3 Å². The highest BCUT2D eigenvalue weighted by molar-refractivity contribution is 7.90. The van der Waals surface area contributed by atoms with Gasteiger partial charge in [0.25, 0.3) is 0 Å². The van der Waals surface area contributed by atoms with Gasteiger partial charge in [-0.2, -0.15) is 17.8 Å². The van der Waals surface area contributed by atoms with E-state index < -0.39 is 10.2 Å². The predicted molar refractivity (Wildman–Crippen MR) is 81.1 cm³/mol. The van der Waals surface area contributed by atoms with Gasteiger partial charge >= 0.3 is 10.2 Å². The predicted octanol–water partition coefficient (Wildman–Crippen LogP) is 0.541. The molecule has 0 radical (unpaired) electrons. The van der Waals surface area contributed by atoms with E-state index in [9.17, 15) is 8.42 Å². The maximum absolute atomic E-state index is 12.3. The Labute approximate surface area is 125 Å². The number of hydrogen-bond acceptors (Lipinski definition) is 4. The van der Waals surface area contributed by atoms with E-state index in [-0.39, 0.29) is 0 Å². The van der Waals surface area contributed by atoms with Crippen LogP contribution in [-0.4, -0.2) is 48.2 Å². The van der Waals surface area contributed by atoms with Crippen LogP contribution in [0, 0.1) is 5.92 Å². The summed E-state index contributed by atoms with van der Waals surface area (Å²) in [7, 11) is -1.72. The van der Waals surface area contributed by atoms with Crippen molar-refractivity contribution in [2.75, 3.05) is 24.4 Å². The largest absolute Gasteiger partial charge is 0.314 e. The average Bonchev–Trinajstić information content (AvgIpc) is 3.20. The molecule has 1 saturated carbocycles. The van der Waals surface area contributed by atoms with Crippen LogP contribution in [0.1, 0.15) is 25.7 Å². The Hall–Kier alpha value is -1.12. The average molecular weight is 313 g/mol. The minimum absolute atomic E-state index is 0.370. The molecule has 7 nitrogen and oxygen atoms in total. The summed E-state index contributed by atoms with van der Waals surface area (Å²) in [5.41, 5.74) is 0. The highest BCUT2D eigenvalue weighted by Gasteiger charge is 2.29. The summed E-state index contributed by atoms with van der Waals surface area (Å²) in [6, 6.07) is 2.38. The van der Waals surface area contributed by atoms with Gasteiger partial charge in [0.05, 0.1) is 0 Å². The van der Waals surface area contributed by atoms with E-state index in [1.807, 2.05) is 0 Å². The van der Waals surface area contributed by atoms with Gasteiger partial charge < -0.3 is 5.32 Å². The Morgan fingerprint density at radius 3 is 2.57 bits per heavy atom. The van der Waals surface area contributed by atoms with E-state index in [0.717, 1.165) is 25.4 Å². The molecule has 1 aliphatic carbocycles. The van der Waals surface area contributed by atoms with Gasteiger partial charge in [-0.3, -0.25) is 9.40 Å². The lowest BCUT2D eigenvalue weighted by molar-refractivity contribution is 0.268. The molecule has 21 heavy (non-hydrogen) atoms. The third-order valence-electron chi connectivity index (χ3n) is 4.13. The molecule has 2 fully saturated rings. The molecule has 3 rings (SSSR count). The minimum atomic E-state index is -3.48. The number of piperidine rings is 1. The van der Waals surface area contributed by atoms with Gasteiger partial charge in [0.15, 0.2) is 5.82 Å². The van der Waals surface area contributed by atoms with Gasteiger partial charge in [-0.05, 0) is 38.1 Å². The number of nitrogens with one attached hydrogen (secondary N) is 2. The van der Waals surface area contributed by atoms with E-state index in [2.05, 4.69) is 15.1 Å². The van der Waals surface area contributed by atoms with Gasteiger partial charge in [-0.25, -0.2) is 0 Å². The van der Waals surface area contributed by atoms with Gasteiger partial charge in [-0.1, -0.05) is 0 Å². The minimum Gasteiger partial charge on any atom is -0.314 e. The van der Waals surface area contributed by atoms with Crippen LogP contribution in [0.25, 0.3) is 0 Å². The lowest BCUT2D eigenvalue weighted by Gasteiger charge is -2.31. The first-order valence-corrected chi connectivity index (χ1v) is 8.98. The Morgan fingerprint density at radius 2 is 2.00 bits per heavy atom. The van der Waals surface area contributed by atoms with E-state index >= 15 is 0 Å². The first-order valence-electron chi connectivity index (χ1n) is 7.54. The van der Waals surface area contributed by atoms with E-state index in [1.165, 1.54) is 17.1 Å². The van der Waals surface area contributed by atoms with Crippen LogP contribution in [0.3, 0.4) is 0 Å². The number of aryl methyl sites for hydroxylation is 1. The maximum atomic E-state index is 12.3. The zero-order chi connectivity index (χ0) is 14.9. The summed E-state index contributed by atoms with van der Waals surface area (Å²) >= 11 is 0. The standard InChI is InChI=1S/C13H23N5O2S/c1-17-7-6-13(15-17)16-21(19,20)18-8-4-11(5-9-18)10-14-12-2-3-12/h6-7,11-12,14H,2-5,8-10H2,1H3,(H,15,16). The van der Waals surface area contributed by atoms with Crippen molar-refractivity contribution < 1.29 is 8.42 Å². The molecule has 2 heterocycles. The summed E-state index contributed by atoms with van der Waals surface area (Å²) in [6.45, 7) is 2.19. The van der Waals surface area contributed by atoms with Crippen LogP contribution in [0.4, 0.5) is 5.82 Å². The molecule has 0 atom stereocenters. The van der Waals surface area contributed by atoms with Gasteiger partial charge in [0.1, 0.15) is 0 Å². The summed E-state index contributed by atoms with van der Waals surface area (Å²) in [5.74, 6) is 0.960. The summed E-state index contributed by atoms with van der Waals surface area (Å²) < 4.78 is 30.2. The van der Waals surface area contributed by atoms with Crippen molar-refractivity contribution in [1.29, 1.82) is 0 Å². The zero-order valence-electron chi connectivity index (χ0n) is 12.3. The van der Waals surface area contributed by atoms with Crippen molar-refractivity contribution in [1.82, 2.24) is 19.4 Å². The van der Waals surface area contributed by atoms with Crippen molar-refractivity contribution in [2.24, 2.45) is 13.0 Å². The Balaban J connectivity index is 1.50. The SMILES string of the molecule is Cn1ccc(NS(=O)(=O)N2CCC(CNC3CC3)CC2)n1. The van der Waals surface area contributed by atoms with Crippen molar-refractivity contribution >= 4 is 16.0 Å². The van der Waals surface area contributed by atoms with Crippen molar-refractivity contribution in [2.45, 2.75) is 31.7 Å². The fraction of sp³-hybridized carbons (Fsp3) is 0.769. The monoisotopic (exact) mass is 313 g/mol. The van der Waals surface area contributed by atoms with Gasteiger partial charge in [0.2, 0.25) is 0 Å². The number of nitrogens with zero attached hydrogens (tertiary/aromatic N) is 3. The van der Waals surface area contributed by atoms with Crippen LogP contribution >= 0.6 is 0 Å². The van der Waals surface area contributed by atoms with Crippen molar-refractivity contribution in [3.8, 4) is 0 Å². The summed E-state index contributed by atoms with van der Waals surface area (Å²) in [6.07, 6.45) is 6.14. The second-order valence-electron chi connectivity index (χ2n) is 6.01. The van der Waals surface area contributed by atoms with Gasteiger partial charge in [-0.15, -0.1) is 0 Å². The molecule has 2 N–H and O–H groups in total. The molecule has 1 aliphatic heterocycles. The highest BCUT2D eigenvalue weighted by atomic mass is 32.2. The molecular formula is C13H23N5O2S. The highest BCUT2D eigenvalue weighted by Crippen LogP contribution is 2.23. The van der Waals surface area contributed by atoms with Crippen molar-refractivity contribution in [3.63, 3.8) is 0 Å². The van der Waals surface area contributed by atoms with Crippen molar-refractivity contribution in [3.05, 3.63) is 12.3 Å². The summed E-state index contributed by atoms with van der Waals surface area (Å²) in [5, 5.41) is 7.58. The van der Waals surface area contributed by atoms with E-state index in [4.69, 9.17) is 0 Å². The number of anilines is 1. The molecule has 2 aliphatic rings. The maximum Gasteiger partial charge on any atom is 0.302 e. The molecule has 0 amide bonds. The molecule has 0 spiro atoms. The molecule has 1 aromatic heterocycles. The lowest BCUT2D eigenvalue weighted by Crippen LogP contribution is -2.43. The Morgan fingerprint density at radius 1 is 1.29 bits per heavy atom. The second-order valence-corrected chi connectivity index (χ2v) is 7.68. The molecule has 118 valence electrons. The smallest absolute Gasteiger partial charge is 0.302 e. The normalized spacial score (nSPS) is 21.6. The molecule has 0 unspecified atom stereocenters. The molecule has 0 bridgehead atoms. The quantitative estimate of drug-likeness (QED) is 0.803. The first-order chi connectivity index (χ1) is 10.0. The molecule has 0 aromatic carbocycles. The van der Waals surface area contributed by atoms with E-state index in [1.54, 1.807) is 24.0 Å². The Kier molecular flexibility index (Phi) is 4.19. The topological polar surface area (TPSA) is 79.3 Å². The third-order valence-corrected chi connectivity index (χ3v) is 5.65. The molecule has 8 heteroatoms. The molecule has 1 saturated heterocycles. The fourth-order valence-electron chi connectivity index (χ4n) is 2.64. The number of hydrogen-bond donors (Lipinski definition) is 2. The first kappa shape index (κ1) is 14.8. The lowest BCUT2D eigenvalue weighted by atomic mass is 9.98. The van der Waals surface area contributed by atoms with Crippen LogP contribution < -0.4 is 10.0 Å². The molecule has 1 aromatic rings. The molecular weight excluding hydrogens is 290 g/mol. The van der Waals surface area contributed by atoms with Crippen LogP contribution in [0.2, 0.25) is 0 Å². The summed E-state index contributed by atoms with van der Waals surface area (Å²) in [4.78, 5) is 0. The number of aromatic nitrogens is 2. The zero-order valence-corrected chi connectivity index (χ0v) is 13.1. The third kappa shape index (κ3) is 3.96. The van der Waals surface area contributed by atoms with Crippen LogP contribution in [0.5, 0.6) is 0 Å². The van der Waals surface area contributed by atoms with Gasteiger partial charge in [0, 0.05) is 38.4 Å².